The molecular weight excluding hydrogens is 450 g/mol. The van der Waals surface area contributed by atoms with Crippen LogP contribution in [0.15, 0.2) is 40.9 Å². The summed E-state index contributed by atoms with van der Waals surface area (Å²) in [6, 6.07) is 11.4. The van der Waals surface area contributed by atoms with Gasteiger partial charge in [-0.3, -0.25) is 4.98 Å². The first-order valence-electron chi connectivity index (χ1n) is 9.65. The fourth-order valence-corrected chi connectivity index (χ4v) is 3.52. The van der Waals surface area contributed by atoms with Crippen molar-refractivity contribution in [2.45, 2.75) is 27.2 Å². The summed E-state index contributed by atoms with van der Waals surface area (Å²) >= 11 is 3.50. The molecule has 0 saturated carbocycles. The molecule has 0 bridgehead atoms. The molecule has 1 heterocycles. The summed E-state index contributed by atoms with van der Waals surface area (Å²) in [5.74, 6) is 1.78. The lowest BCUT2D eigenvalue weighted by molar-refractivity contribution is 0.0687. The number of carbonyl (C=O) groups excluding carboxylic acids is 1. The van der Waals surface area contributed by atoms with Crippen LogP contribution >= 0.6 is 15.9 Å². The summed E-state index contributed by atoms with van der Waals surface area (Å²) in [6.07, 6.45) is -0.0632. The summed E-state index contributed by atoms with van der Waals surface area (Å²) in [7, 11) is 1.54. The lowest BCUT2D eigenvalue weighted by Gasteiger charge is -2.17. The van der Waals surface area contributed by atoms with Crippen LogP contribution in [-0.4, -0.2) is 31.5 Å². The highest BCUT2D eigenvalue weighted by Gasteiger charge is 2.20. The van der Waals surface area contributed by atoms with Crippen LogP contribution in [0.1, 0.15) is 23.7 Å². The first-order chi connectivity index (χ1) is 14.5. The number of ether oxygens (including phenoxy) is 4. The summed E-state index contributed by atoms with van der Waals surface area (Å²) in [5, 5.41) is 0.720. The number of fused-ring (bicyclic) bond motifs is 1. The standard InChI is InChI=1S/C23H24BrNO5/c1-5-17-14(2)22(30-23(26)28-13-12-27-4)21-15(3)19(11-10-18(21)25-17)29-20-9-7-6-8-16(20)24/h6-11H,5,12-13H2,1-4H3. The van der Waals surface area contributed by atoms with Crippen molar-refractivity contribution < 1.29 is 23.7 Å². The molecule has 7 heteroatoms. The van der Waals surface area contributed by atoms with Gasteiger partial charge in [0.1, 0.15) is 23.9 Å². The van der Waals surface area contributed by atoms with Crippen LogP contribution in [0.4, 0.5) is 4.79 Å². The molecule has 6 nitrogen and oxygen atoms in total. The largest absolute Gasteiger partial charge is 0.513 e. The Hall–Kier alpha value is -2.64. The summed E-state index contributed by atoms with van der Waals surface area (Å²) in [4.78, 5) is 17.0. The van der Waals surface area contributed by atoms with Gasteiger partial charge in [0, 0.05) is 23.9 Å². The van der Waals surface area contributed by atoms with Crippen molar-refractivity contribution in [2.24, 2.45) is 0 Å². The number of nitrogens with zero attached hydrogens (tertiary/aromatic N) is 1. The molecule has 0 fully saturated rings. The Labute approximate surface area is 184 Å². The van der Waals surface area contributed by atoms with Gasteiger partial charge in [0.2, 0.25) is 0 Å². The fourth-order valence-electron chi connectivity index (χ4n) is 3.16. The molecule has 0 aliphatic rings. The van der Waals surface area contributed by atoms with Crippen molar-refractivity contribution in [3.05, 3.63) is 57.7 Å². The van der Waals surface area contributed by atoms with Crippen molar-refractivity contribution >= 4 is 33.0 Å². The van der Waals surface area contributed by atoms with E-state index in [9.17, 15) is 4.79 Å². The molecule has 0 atom stereocenters. The number of hydrogen-bond acceptors (Lipinski definition) is 6. The lowest BCUT2D eigenvalue weighted by Crippen LogP contribution is -2.15. The minimum atomic E-state index is -0.777. The van der Waals surface area contributed by atoms with Crippen molar-refractivity contribution in [1.29, 1.82) is 0 Å². The number of rotatable bonds is 7. The van der Waals surface area contributed by atoms with Gasteiger partial charge in [0.15, 0.2) is 0 Å². The second kappa shape index (κ2) is 9.91. The predicted octanol–water partition coefficient (Wildman–Crippen LogP) is 6.13. The summed E-state index contributed by atoms with van der Waals surface area (Å²) in [6.45, 7) is 6.25. The minimum absolute atomic E-state index is 0.118. The smallest absolute Gasteiger partial charge is 0.456 e. The predicted molar refractivity (Wildman–Crippen MR) is 119 cm³/mol. The molecule has 0 N–H and O–H groups in total. The van der Waals surface area contributed by atoms with Gasteiger partial charge in [-0.25, -0.2) is 4.79 Å². The Bertz CT molecular complexity index is 1070. The second-order valence-corrected chi connectivity index (χ2v) is 7.53. The molecule has 0 unspecified atom stereocenters. The maximum absolute atomic E-state index is 12.3. The van der Waals surface area contributed by atoms with Crippen LogP contribution in [0.5, 0.6) is 17.2 Å². The zero-order chi connectivity index (χ0) is 21.7. The number of aryl methyl sites for hydroxylation is 2. The van der Waals surface area contributed by atoms with E-state index in [0.717, 1.165) is 32.2 Å². The van der Waals surface area contributed by atoms with Crippen LogP contribution in [0.25, 0.3) is 10.9 Å². The van der Waals surface area contributed by atoms with E-state index in [2.05, 4.69) is 15.9 Å². The zero-order valence-corrected chi connectivity index (χ0v) is 19.0. The molecule has 158 valence electrons. The average Bonchev–Trinajstić information content (AvgIpc) is 2.73. The van der Waals surface area contributed by atoms with E-state index >= 15 is 0 Å². The fraction of sp³-hybridized carbons (Fsp3) is 0.304. The quantitative estimate of drug-likeness (QED) is 0.303. The Kier molecular flexibility index (Phi) is 7.29. The molecule has 30 heavy (non-hydrogen) atoms. The molecule has 0 amide bonds. The van der Waals surface area contributed by atoms with Crippen LogP contribution in [0.3, 0.4) is 0 Å². The van der Waals surface area contributed by atoms with Gasteiger partial charge in [0.05, 0.1) is 22.0 Å². The number of carbonyl (C=O) groups is 1. The van der Waals surface area contributed by atoms with E-state index < -0.39 is 6.16 Å². The molecule has 0 radical (unpaired) electrons. The summed E-state index contributed by atoms with van der Waals surface area (Å²) < 4.78 is 22.6. The highest BCUT2D eigenvalue weighted by atomic mass is 79.9. The molecular formula is C23H24BrNO5. The van der Waals surface area contributed by atoms with E-state index in [1.807, 2.05) is 57.2 Å². The van der Waals surface area contributed by atoms with Gasteiger partial charge < -0.3 is 18.9 Å². The van der Waals surface area contributed by atoms with Crippen LogP contribution < -0.4 is 9.47 Å². The van der Waals surface area contributed by atoms with Gasteiger partial charge in [-0.15, -0.1) is 0 Å². The Morgan fingerprint density at radius 2 is 1.80 bits per heavy atom. The third kappa shape index (κ3) is 4.74. The molecule has 0 aliphatic carbocycles. The topological polar surface area (TPSA) is 66.9 Å². The van der Waals surface area contributed by atoms with Gasteiger partial charge in [-0.05, 0) is 60.5 Å². The van der Waals surface area contributed by atoms with Gasteiger partial charge in [-0.1, -0.05) is 19.1 Å². The van der Waals surface area contributed by atoms with Gasteiger partial charge in [0.25, 0.3) is 0 Å². The van der Waals surface area contributed by atoms with Crippen LogP contribution in [-0.2, 0) is 15.9 Å². The number of aromatic nitrogens is 1. The van der Waals surface area contributed by atoms with Crippen molar-refractivity contribution in [2.75, 3.05) is 20.3 Å². The van der Waals surface area contributed by atoms with Gasteiger partial charge in [-0.2, -0.15) is 0 Å². The number of hydrogen-bond donors (Lipinski definition) is 0. The number of benzene rings is 2. The zero-order valence-electron chi connectivity index (χ0n) is 17.5. The highest BCUT2D eigenvalue weighted by Crippen LogP contribution is 2.39. The Morgan fingerprint density at radius 1 is 1.03 bits per heavy atom. The number of methoxy groups -OCH3 is 1. The molecule has 1 aromatic heterocycles. The first-order valence-corrected chi connectivity index (χ1v) is 10.4. The molecule has 2 aromatic carbocycles. The minimum Gasteiger partial charge on any atom is -0.456 e. The highest BCUT2D eigenvalue weighted by molar-refractivity contribution is 9.10. The number of pyridine rings is 1. The second-order valence-electron chi connectivity index (χ2n) is 6.67. The van der Waals surface area contributed by atoms with E-state index in [1.54, 1.807) is 7.11 Å². The molecule has 3 rings (SSSR count). The van der Waals surface area contributed by atoms with E-state index in [-0.39, 0.29) is 6.61 Å². The van der Waals surface area contributed by atoms with Crippen molar-refractivity contribution in [1.82, 2.24) is 4.98 Å². The molecule has 3 aromatic rings. The van der Waals surface area contributed by atoms with Gasteiger partial charge >= 0.3 is 6.16 Å². The maximum atomic E-state index is 12.3. The molecule has 0 saturated heterocycles. The maximum Gasteiger partial charge on any atom is 0.513 e. The normalized spacial score (nSPS) is 10.8. The van der Waals surface area contributed by atoms with Crippen molar-refractivity contribution in [3.8, 4) is 17.2 Å². The van der Waals surface area contributed by atoms with Crippen molar-refractivity contribution in [3.63, 3.8) is 0 Å². The lowest BCUT2D eigenvalue weighted by atomic mass is 10.0. The SMILES string of the molecule is CCc1nc2ccc(Oc3ccccc3Br)c(C)c2c(OC(=O)OCCOC)c1C. The summed E-state index contributed by atoms with van der Waals surface area (Å²) in [5.41, 5.74) is 3.21. The monoisotopic (exact) mass is 473 g/mol. The van der Waals surface area contributed by atoms with Crippen LogP contribution in [0, 0.1) is 13.8 Å². The van der Waals surface area contributed by atoms with E-state index in [0.29, 0.717) is 30.3 Å². The number of para-hydroxylation sites is 1. The first kappa shape index (κ1) is 22.1. The van der Waals surface area contributed by atoms with E-state index in [1.165, 1.54) is 0 Å². The molecule has 0 aliphatic heterocycles. The van der Waals surface area contributed by atoms with Crippen LogP contribution in [0.2, 0.25) is 0 Å². The third-order valence-electron chi connectivity index (χ3n) is 4.73. The number of halogens is 1. The molecule has 0 spiro atoms. The average molecular weight is 474 g/mol. The third-order valence-corrected chi connectivity index (χ3v) is 5.39. The Morgan fingerprint density at radius 3 is 2.50 bits per heavy atom. The van der Waals surface area contributed by atoms with E-state index in [4.69, 9.17) is 23.9 Å². The Balaban J connectivity index is 2.06.